The van der Waals surface area contributed by atoms with Crippen molar-refractivity contribution in [2.24, 2.45) is 0 Å². The van der Waals surface area contributed by atoms with Gasteiger partial charge in [0.2, 0.25) is 5.88 Å². The van der Waals surface area contributed by atoms with Crippen LogP contribution in [-0.4, -0.2) is 29.8 Å². The Morgan fingerprint density at radius 3 is 2.94 bits per heavy atom. The summed E-state index contributed by atoms with van der Waals surface area (Å²) < 4.78 is 4.99. The molecule has 1 saturated heterocycles. The van der Waals surface area contributed by atoms with E-state index in [0.717, 1.165) is 18.5 Å². The van der Waals surface area contributed by atoms with E-state index in [9.17, 15) is 5.11 Å². The van der Waals surface area contributed by atoms with Gasteiger partial charge in [-0.1, -0.05) is 6.42 Å². The molecule has 0 radical (unpaired) electrons. The third-order valence-electron chi connectivity index (χ3n) is 3.04. The van der Waals surface area contributed by atoms with Crippen LogP contribution in [0.15, 0.2) is 18.3 Å². The fourth-order valence-corrected chi connectivity index (χ4v) is 2.07. The van der Waals surface area contributed by atoms with Gasteiger partial charge >= 0.3 is 0 Å². The summed E-state index contributed by atoms with van der Waals surface area (Å²) in [6.45, 7) is 0.991. The van der Waals surface area contributed by atoms with E-state index in [2.05, 4.69) is 10.3 Å². The molecule has 1 aromatic rings. The van der Waals surface area contributed by atoms with Crippen LogP contribution in [0.2, 0.25) is 0 Å². The summed E-state index contributed by atoms with van der Waals surface area (Å²) in [4.78, 5) is 4.10. The van der Waals surface area contributed by atoms with Crippen molar-refractivity contribution in [3.8, 4) is 5.88 Å². The summed E-state index contributed by atoms with van der Waals surface area (Å²) in [5.74, 6) is 0.576. The largest absolute Gasteiger partial charge is 0.481 e. The van der Waals surface area contributed by atoms with Gasteiger partial charge in [0.15, 0.2) is 0 Å². The van der Waals surface area contributed by atoms with E-state index in [1.807, 2.05) is 6.07 Å². The number of ether oxygens (including phenoxy) is 1. The first-order valence-electron chi connectivity index (χ1n) is 5.72. The molecule has 88 valence electrons. The molecule has 2 rings (SSSR count). The lowest BCUT2D eigenvalue weighted by Crippen LogP contribution is -2.38. The molecule has 2 heterocycles. The minimum absolute atomic E-state index is 0.156. The molecule has 2 atom stereocenters. The van der Waals surface area contributed by atoms with Gasteiger partial charge in [0.1, 0.15) is 0 Å². The number of rotatable bonds is 3. The molecule has 1 fully saturated rings. The van der Waals surface area contributed by atoms with Crippen molar-refractivity contribution < 1.29 is 9.84 Å². The molecular formula is C12H18N2O2. The van der Waals surface area contributed by atoms with Crippen LogP contribution in [0.5, 0.6) is 5.88 Å². The quantitative estimate of drug-likeness (QED) is 0.808. The van der Waals surface area contributed by atoms with E-state index < -0.39 is 6.10 Å². The van der Waals surface area contributed by atoms with Gasteiger partial charge in [-0.05, 0) is 25.5 Å². The SMILES string of the molecule is COc1ccc(C(O)C2CCCCN2)cn1. The number of nitrogens with zero attached hydrogens (tertiary/aromatic N) is 1. The monoisotopic (exact) mass is 222 g/mol. The molecule has 1 aliphatic heterocycles. The fourth-order valence-electron chi connectivity index (χ4n) is 2.07. The number of aliphatic hydroxyl groups excluding tert-OH is 1. The van der Waals surface area contributed by atoms with Crippen LogP contribution in [0.1, 0.15) is 30.9 Å². The van der Waals surface area contributed by atoms with Gasteiger partial charge in [-0.15, -0.1) is 0 Å². The van der Waals surface area contributed by atoms with Crippen molar-refractivity contribution in [3.05, 3.63) is 23.9 Å². The average Bonchev–Trinajstić information content (AvgIpc) is 2.39. The van der Waals surface area contributed by atoms with Crippen LogP contribution in [0.25, 0.3) is 0 Å². The maximum Gasteiger partial charge on any atom is 0.212 e. The zero-order valence-corrected chi connectivity index (χ0v) is 9.52. The lowest BCUT2D eigenvalue weighted by atomic mass is 9.96. The molecule has 4 nitrogen and oxygen atoms in total. The molecule has 0 saturated carbocycles. The van der Waals surface area contributed by atoms with Gasteiger partial charge in [-0.2, -0.15) is 0 Å². The molecule has 0 aromatic carbocycles. The molecule has 0 amide bonds. The molecule has 1 aliphatic rings. The zero-order chi connectivity index (χ0) is 11.4. The first-order chi connectivity index (χ1) is 7.81. The molecule has 0 aliphatic carbocycles. The number of nitrogens with one attached hydrogen (secondary N) is 1. The number of aliphatic hydroxyl groups is 1. The van der Waals surface area contributed by atoms with Gasteiger partial charge in [-0.3, -0.25) is 0 Å². The van der Waals surface area contributed by atoms with Gasteiger partial charge < -0.3 is 15.2 Å². The van der Waals surface area contributed by atoms with Gasteiger partial charge in [0.05, 0.1) is 13.2 Å². The lowest BCUT2D eigenvalue weighted by Gasteiger charge is -2.28. The van der Waals surface area contributed by atoms with Crippen molar-refractivity contribution in [1.82, 2.24) is 10.3 Å². The van der Waals surface area contributed by atoms with Crippen LogP contribution < -0.4 is 10.1 Å². The maximum absolute atomic E-state index is 10.2. The number of hydrogen-bond acceptors (Lipinski definition) is 4. The lowest BCUT2D eigenvalue weighted by molar-refractivity contribution is 0.113. The predicted molar refractivity (Wildman–Crippen MR) is 61.4 cm³/mol. The van der Waals surface area contributed by atoms with Gasteiger partial charge in [0, 0.05) is 23.9 Å². The van der Waals surface area contributed by atoms with E-state index in [4.69, 9.17) is 4.74 Å². The minimum atomic E-state index is -0.473. The Kier molecular flexibility index (Phi) is 3.74. The van der Waals surface area contributed by atoms with E-state index in [-0.39, 0.29) is 6.04 Å². The fraction of sp³-hybridized carbons (Fsp3) is 0.583. The Hall–Kier alpha value is -1.13. The van der Waals surface area contributed by atoms with Crippen molar-refractivity contribution >= 4 is 0 Å². The summed E-state index contributed by atoms with van der Waals surface area (Å²) in [5.41, 5.74) is 0.847. The van der Waals surface area contributed by atoms with Crippen molar-refractivity contribution in [3.63, 3.8) is 0 Å². The third kappa shape index (κ3) is 2.51. The van der Waals surface area contributed by atoms with Crippen molar-refractivity contribution in [1.29, 1.82) is 0 Å². The standard InChI is InChI=1S/C12H18N2O2/c1-16-11-6-5-9(8-14-11)12(15)10-4-2-3-7-13-10/h5-6,8,10,12-13,15H,2-4,7H2,1H3. The van der Waals surface area contributed by atoms with E-state index in [1.54, 1.807) is 19.4 Å². The molecule has 2 unspecified atom stereocenters. The highest BCUT2D eigenvalue weighted by Crippen LogP contribution is 2.23. The second-order valence-corrected chi connectivity index (χ2v) is 4.14. The Balaban J connectivity index is 2.04. The molecule has 1 aromatic heterocycles. The number of pyridine rings is 1. The summed E-state index contributed by atoms with van der Waals surface area (Å²) in [6.07, 6.45) is 4.61. The average molecular weight is 222 g/mol. The first kappa shape index (κ1) is 11.4. The molecule has 0 spiro atoms. The van der Waals surface area contributed by atoms with E-state index >= 15 is 0 Å². The topological polar surface area (TPSA) is 54.4 Å². The highest BCUT2D eigenvalue weighted by molar-refractivity contribution is 5.20. The number of methoxy groups -OCH3 is 1. The molecular weight excluding hydrogens is 204 g/mol. The molecule has 2 N–H and O–H groups in total. The van der Waals surface area contributed by atoms with Crippen LogP contribution in [-0.2, 0) is 0 Å². The normalized spacial score (nSPS) is 22.8. The predicted octanol–water partition coefficient (Wildman–Crippen LogP) is 1.27. The smallest absolute Gasteiger partial charge is 0.212 e. The summed E-state index contributed by atoms with van der Waals surface area (Å²) in [5, 5.41) is 13.5. The van der Waals surface area contributed by atoms with Crippen LogP contribution in [0.3, 0.4) is 0 Å². The van der Waals surface area contributed by atoms with Crippen LogP contribution in [0, 0.1) is 0 Å². The third-order valence-corrected chi connectivity index (χ3v) is 3.04. The van der Waals surface area contributed by atoms with Crippen LogP contribution >= 0.6 is 0 Å². The number of aromatic nitrogens is 1. The second kappa shape index (κ2) is 5.27. The summed E-state index contributed by atoms with van der Waals surface area (Å²) >= 11 is 0. The number of piperidine rings is 1. The highest BCUT2D eigenvalue weighted by Gasteiger charge is 2.22. The Bertz CT molecular complexity index is 320. The van der Waals surface area contributed by atoms with E-state index in [0.29, 0.717) is 5.88 Å². The minimum Gasteiger partial charge on any atom is -0.481 e. The van der Waals surface area contributed by atoms with Crippen LogP contribution in [0.4, 0.5) is 0 Å². The highest BCUT2D eigenvalue weighted by atomic mass is 16.5. The van der Waals surface area contributed by atoms with Crippen molar-refractivity contribution in [2.75, 3.05) is 13.7 Å². The van der Waals surface area contributed by atoms with Gasteiger partial charge in [-0.25, -0.2) is 4.98 Å². The van der Waals surface area contributed by atoms with Crippen molar-refractivity contribution in [2.45, 2.75) is 31.4 Å². The number of hydrogen-bond donors (Lipinski definition) is 2. The van der Waals surface area contributed by atoms with Gasteiger partial charge in [0.25, 0.3) is 0 Å². The Morgan fingerprint density at radius 1 is 1.50 bits per heavy atom. The zero-order valence-electron chi connectivity index (χ0n) is 9.52. The summed E-state index contributed by atoms with van der Waals surface area (Å²) in [6, 6.07) is 3.80. The van der Waals surface area contributed by atoms with E-state index in [1.165, 1.54) is 12.8 Å². The Morgan fingerprint density at radius 2 is 2.38 bits per heavy atom. The maximum atomic E-state index is 10.2. The summed E-state index contributed by atoms with van der Waals surface area (Å²) in [7, 11) is 1.58. The molecule has 4 heteroatoms. The first-order valence-corrected chi connectivity index (χ1v) is 5.72. The Labute approximate surface area is 95.7 Å². The molecule has 16 heavy (non-hydrogen) atoms. The molecule has 0 bridgehead atoms. The second-order valence-electron chi connectivity index (χ2n) is 4.14.